The molecule has 0 bridgehead atoms. The number of carbonyl (C=O) groups excluding carboxylic acids is 1. The lowest BCUT2D eigenvalue weighted by Crippen LogP contribution is -2.25. The summed E-state index contributed by atoms with van der Waals surface area (Å²) in [5.74, 6) is 3.63. The van der Waals surface area contributed by atoms with Gasteiger partial charge in [0.15, 0.2) is 17.3 Å². The monoisotopic (exact) mass is 430 g/mol. The molecule has 2 saturated carbocycles. The number of hydrogen-bond acceptors (Lipinski definition) is 2. The van der Waals surface area contributed by atoms with Gasteiger partial charge in [-0.1, -0.05) is 51.9 Å². The second-order valence-corrected chi connectivity index (χ2v) is 10.1. The second-order valence-electron chi connectivity index (χ2n) is 10.1. The zero-order valence-corrected chi connectivity index (χ0v) is 20.1. The number of Topliss-reactive ketones (excluding diaryl/α,β-unsaturated/α-hetero) is 1. The Balaban J connectivity index is 1.38. The zero-order chi connectivity index (χ0) is 22.2. The van der Waals surface area contributed by atoms with E-state index in [0.29, 0.717) is 24.2 Å². The molecule has 1 aromatic rings. The maximum absolute atomic E-state index is 14.4. The van der Waals surface area contributed by atoms with Crippen LogP contribution in [0.15, 0.2) is 12.1 Å². The van der Waals surface area contributed by atoms with Crippen LogP contribution in [-0.2, 0) is 0 Å². The summed E-state index contributed by atoms with van der Waals surface area (Å²) in [6.45, 7) is 6.26. The van der Waals surface area contributed by atoms with E-state index in [1.54, 1.807) is 19.1 Å². The van der Waals surface area contributed by atoms with Crippen molar-refractivity contribution < 1.29 is 13.9 Å². The third-order valence-corrected chi connectivity index (χ3v) is 8.11. The molecule has 0 N–H and O–H groups in total. The molecule has 3 rings (SSSR count). The minimum Gasteiger partial charge on any atom is -0.491 e. The lowest BCUT2D eigenvalue weighted by molar-refractivity contribution is 0.0972. The molecule has 2 aliphatic carbocycles. The summed E-state index contributed by atoms with van der Waals surface area (Å²) >= 11 is 0. The summed E-state index contributed by atoms with van der Waals surface area (Å²) in [5.41, 5.74) is 0.938. The Kier molecular flexibility index (Phi) is 9.41. The lowest BCUT2D eigenvalue weighted by atomic mass is 9.68. The van der Waals surface area contributed by atoms with Gasteiger partial charge in [-0.05, 0) is 87.3 Å². The van der Waals surface area contributed by atoms with Gasteiger partial charge in [0, 0.05) is 12.0 Å². The SMILES string of the molecule is CCCC1CCC(C2CCC(CCCC(=O)c3ccc(OCC)c(F)c3C)CC2)CC1. The van der Waals surface area contributed by atoms with Crippen molar-refractivity contribution >= 4 is 5.78 Å². The summed E-state index contributed by atoms with van der Waals surface area (Å²) in [7, 11) is 0. The number of carbonyl (C=O) groups is 1. The molecular weight excluding hydrogens is 387 g/mol. The largest absolute Gasteiger partial charge is 0.491 e. The minimum atomic E-state index is -0.394. The van der Waals surface area contributed by atoms with Crippen molar-refractivity contribution in [2.24, 2.45) is 23.7 Å². The molecule has 174 valence electrons. The highest BCUT2D eigenvalue weighted by atomic mass is 19.1. The molecular formula is C28H43FO2. The number of ether oxygens (including phenoxy) is 1. The van der Waals surface area contributed by atoms with Crippen LogP contribution in [0.3, 0.4) is 0 Å². The average molecular weight is 431 g/mol. The van der Waals surface area contributed by atoms with Crippen LogP contribution < -0.4 is 4.74 Å². The third-order valence-electron chi connectivity index (χ3n) is 8.11. The summed E-state index contributed by atoms with van der Waals surface area (Å²) in [5, 5.41) is 0. The van der Waals surface area contributed by atoms with E-state index >= 15 is 0 Å². The molecule has 2 fully saturated rings. The Morgan fingerprint density at radius 2 is 1.52 bits per heavy atom. The van der Waals surface area contributed by atoms with E-state index in [9.17, 15) is 9.18 Å². The predicted molar refractivity (Wildman–Crippen MR) is 126 cm³/mol. The fraction of sp³-hybridized carbons (Fsp3) is 0.750. The number of rotatable bonds is 10. The van der Waals surface area contributed by atoms with E-state index in [2.05, 4.69) is 6.92 Å². The van der Waals surface area contributed by atoms with Crippen molar-refractivity contribution in [3.8, 4) is 5.75 Å². The molecule has 2 nitrogen and oxygen atoms in total. The summed E-state index contributed by atoms with van der Waals surface area (Å²) in [6, 6.07) is 3.32. The molecule has 1 aromatic carbocycles. The predicted octanol–water partition coefficient (Wildman–Crippen LogP) is 8.30. The molecule has 0 atom stereocenters. The van der Waals surface area contributed by atoms with Crippen molar-refractivity contribution in [2.45, 2.75) is 104 Å². The summed E-state index contributed by atoms with van der Waals surface area (Å²) in [4.78, 5) is 12.7. The normalized spacial score (nSPS) is 26.6. The van der Waals surface area contributed by atoms with Gasteiger partial charge in [-0.3, -0.25) is 4.79 Å². The van der Waals surface area contributed by atoms with Crippen LogP contribution in [0.4, 0.5) is 4.39 Å². The molecule has 2 aliphatic rings. The van der Waals surface area contributed by atoms with Crippen LogP contribution in [0.25, 0.3) is 0 Å². The zero-order valence-electron chi connectivity index (χ0n) is 20.1. The van der Waals surface area contributed by atoms with Crippen molar-refractivity contribution in [3.05, 3.63) is 29.1 Å². The first-order valence-electron chi connectivity index (χ1n) is 13.0. The average Bonchev–Trinajstić information content (AvgIpc) is 2.78. The highest BCUT2D eigenvalue weighted by molar-refractivity contribution is 5.97. The van der Waals surface area contributed by atoms with Gasteiger partial charge in [0.05, 0.1) is 6.61 Å². The Morgan fingerprint density at radius 3 is 2.06 bits per heavy atom. The Bertz CT molecular complexity index is 697. The summed E-state index contributed by atoms with van der Waals surface area (Å²) < 4.78 is 19.7. The molecule has 31 heavy (non-hydrogen) atoms. The molecule has 0 amide bonds. The van der Waals surface area contributed by atoms with Gasteiger partial charge in [0.25, 0.3) is 0 Å². The summed E-state index contributed by atoms with van der Waals surface area (Å²) in [6.07, 6.45) is 16.7. The highest BCUT2D eigenvalue weighted by Gasteiger charge is 2.30. The molecule has 0 aliphatic heterocycles. The van der Waals surface area contributed by atoms with E-state index < -0.39 is 5.82 Å². The number of ketones is 1. The maximum Gasteiger partial charge on any atom is 0.168 e. The van der Waals surface area contributed by atoms with Crippen LogP contribution in [0, 0.1) is 36.4 Å². The molecule has 0 radical (unpaired) electrons. The number of benzene rings is 1. The van der Waals surface area contributed by atoms with Crippen LogP contribution in [0.2, 0.25) is 0 Å². The third kappa shape index (κ3) is 6.56. The molecule has 0 heterocycles. The first-order chi connectivity index (χ1) is 15.0. The van der Waals surface area contributed by atoms with E-state index in [1.165, 1.54) is 64.2 Å². The Morgan fingerprint density at radius 1 is 0.935 bits per heavy atom. The Labute approximate surface area is 189 Å². The molecule has 3 heteroatoms. The highest BCUT2D eigenvalue weighted by Crippen LogP contribution is 2.43. The molecule has 0 aromatic heterocycles. The molecule has 0 saturated heterocycles. The van der Waals surface area contributed by atoms with Crippen molar-refractivity contribution in [3.63, 3.8) is 0 Å². The smallest absolute Gasteiger partial charge is 0.168 e. The van der Waals surface area contributed by atoms with Gasteiger partial charge in [0.2, 0.25) is 0 Å². The standard InChI is InChI=1S/C28H43FO2/c1-4-7-21-10-14-23(15-11-21)24-16-12-22(13-17-24)8-6-9-26(30)25-18-19-27(31-5-2)28(29)20(25)3/h18-19,21-24H,4-17H2,1-3H3. The van der Waals surface area contributed by atoms with Gasteiger partial charge in [0.1, 0.15) is 0 Å². The van der Waals surface area contributed by atoms with Gasteiger partial charge in [-0.2, -0.15) is 0 Å². The Hall–Kier alpha value is -1.38. The first-order valence-corrected chi connectivity index (χ1v) is 13.0. The van der Waals surface area contributed by atoms with E-state index in [4.69, 9.17) is 4.74 Å². The molecule has 0 spiro atoms. The topological polar surface area (TPSA) is 26.3 Å². The van der Waals surface area contributed by atoms with Gasteiger partial charge < -0.3 is 4.74 Å². The van der Waals surface area contributed by atoms with E-state index in [0.717, 1.165) is 36.5 Å². The fourth-order valence-electron chi connectivity index (χ4n) is 6.22. The van der Waals surface area contributed by atoms with Gasteiger partial charge >= 0.3 is 0 Å². The van der Waals surface area contributed by atoms with Gasteiger partial charge in [-0.25, -0.2) is 4.39 Å². The van der Waals surface area contributed by atoms with Crippen LogP contribution in [0.5, 0.6) is 5.75 Å². The minimum absolute atomic E-state index is 0.0666. The quantitative estimate of drug-likeness (QED) is 0.349. The van der Waals surface area contributed by atoms with Crippen molar-refractivity contribution in [1.29, 1.82) is 0 Å². The second kappa shape index (κ2) is 12.0. The fourth-order valence-corrected chi connectivity index (χ4v) is 6.22. The molecule has 0 unspecified atom stereocenters. The number of hydrogen-bond donors (Lipinski definition) is 0. The lowest BCUT2D eigenvalue weighted by Gasteiger charge is -2.38. The first kappa shape index (κ1) is 24.3. The van der Waals surface area contributed by atoms with E-state index in [-0.39, 0.29) is 11.5 Å². The van der Waals surface area contributed by atoms with Crippen LogP contribution >= 0.6 is 0 Å². The van der Waals surface area contributed by atoms with Crippen LogP contribution in [-0.4, -0.2) is 12.4 Å². The van der Waals surface area contributed by atoms with Crippen molar-refractivity contribution in [1.82, 2.24) is 0 Å². The van der Waals surface area contributed by atoms with E-state index in [1.807, 2.05) is 6.92 Å². The van der Waals surface area contributed by atoms with Crippen molar-refractivity contribution in [2.75, 3.05) is 6.61 Å². The van der Waals surface area contributed by atoms with Gasteiger partial charge in [-0.15, -0.1) is 0 Å². The number of halogens is 1. The van der Waals surface area contributed by atoms with Crippen LogP contribution in [0.1, 0.15) is 113 Å². The maximum atomic E-state index is 14.4.